The molecule has 76 valence electrons. The van der Waals surface area contributed by atoms with Crippen LogP contribution in [0.25, 0.3) is 17.0 Å². The molecule has 0 saturated heterocycles. The molecule has 1 aromatic heterocycles. The first-order valence-corrected chi connectivity index (χ1v) is 4.90. The summed E-state index contributed by atoms with van der Waals surface area (Å²) in [5.74, 6) is 0.862. The summed E-state index contributed by atoms with van der Waals surface area (Å²) in [6.45, 7) is 2.01. The quantitative estimate of drug-likeness (QED) is 0.740. The smallest absolute Gasteiger partial charge is 0.119 e. The predicted octanol–water partition coefficient (Wildman–Crippen LogP) is 3.28. The lowest BCUT2D eigenvalue weighted by Gasteiger charge is -2.04. The Morgan fingerprint density at radius 3 is 2.87 bits per heavy atom. The lowest BCUT2D eigenvalue weighted by molar-refractivity contribution is 0.415. The van der Waals surface area contributed by atoms with Crippen LogP contribution >= 0.6 is 0 Å². The molecule has 0 aliphatic rings. The number of aromatic nitrogens is 1. The highest BCUT2D eigenvalue weighted by Crippen LogP contribution is 2.23. The first kappa shape index (κ1) is 9.71. The van der Waals surface area contributed by atoms with Crippen LogP contribution in [0.3, 0.4) is 0 Å². The maximum atomic E-state index is 5.20. The van der Waals surface area contributed by atoms with Crippen molar-refractivity contribution in [1.82, 2.24) is 4.98 Å². The molecule has 0 radical (unpaired) electrons. The fourth-order valence-electron chi connectivity index (χ4n) is 1.60. The minimum absolute atomic E-state index is 0.862. The molecule has 0 atom stereocenters. The van der Waals surface area contributed by atoms with Gasteiger partial charge >= 0.3 is 0 Å². The average molecular weight is 199 g/mol. The molecule has 1 heterocycles. The van der Waals surface area contributed by atoms with Crippen LogP contribution in [0.4, 0.5) is 0 Å². The van der Waals surface area contributed by atoms with Crippen molar-refractivity contribution in [2.75, 3.05) is 7.11 Å². The van der Waals surface area contributed by atoms with E-state index in [0.29, 0.717) is 0 Å². The van der Waals surface area contributed by atoms with Crippen LogP contribution in [0, 0.1) is 0 Å². The Balaban J connectivity index is 2.70. The van der Waals surface area contributed by atoms with Crippen LogP contribution in [0.5, 0.6) is 5.75 Å². The van der Waals surface area contributed by atoms with Crippen LogP contribution in [0.15, 0.2) is 36.5 Å². The van der Waals surface area contributed by atoms with Crippen LogP contribution in [-0.2, 0) is 0 Å². The Kier molecular flexibility index (Phi) is 2.68. The zero-order valence-corrected chi connectivity index (χ0v) is 8.90. The van der Waals surface area contributed by atoms with Gasteiger partial charge < -0.3 is 4.74 Å². The SMILES string of the molecule is CC=Cc1ccnc2ccc(OC)cc12. The zero-order valence-electron chi connectivity index (χ0n) is 8.90. The molecule has 0 N–H and O–H groups in total. The summed E-state index contributed by atoms with van der Waals surface area (Å²) in [4.78, 5) is 4.31. The van der Waals surface area contributed by atoms with Gasteiger partial charge in [0.1, 0.15) is 5.75 Å². The zero-order chi connectivity index (χ0) is 10.7. The first-order chi connectivity index (χ1) is 7.35. The Labute approximate surface area is 89.2 Å². The predicted molar refractivity (Wildman–Crippen MR) is 63.0 cm³/mol. The molecule has 0 spiro atoms. The molecule has 0 bridgehead atoms. The summed E-state index contributed by atoms with van der Waals surface area (Å²) >= 11 is 0. The molecule has 2 nitrogen and oxygen atoms in total. The normalized spacial score (nSPS) is 11.1. The van der Waals surface area contributed by atoms with Crippen molar-refractivity contribution in [3.8, 4) is 5.75 Å². The lowest BCUT2D eigenvalue weighted by atomic mass is 10.1. The van der Waals surface area contributed by atoms with Gasteiger partial charge in [0.15, 0.2) is 0 Å². The number of benzene rings is 1. The number of rotatable bonds is 2. The molecule has 0 unspecified atom stereocenters. The van der Waals surface area contributed by atoms with Gasteiger partial charge in [-0.15, -0.1) is 0 Å². The van der Waals surface area contributed by atoms with Crippen molar-refractivity contribution < 1.29 is 4.74 Å². The van der Waals surface area contributed by atoms with Crippen LogP contribution in [-0.4, -0.2) is 12.1 Å². The van der Waals surface area contributed by atoms with E-state index in [1.807, 2.05) is 43.5 Å². The van der Waals surface area contributed by atoms with E-state index in [1.54, 1.807) is 7.11 Å². The molecule has 0 saturated carbocycles. The number of ether oxygens (including phenoxy) is 1. The lowest BCUT2D eigenvalue weighted by Crippen LogP contribution is -1.86. The summed E-state index contributed by atoms with van der Waals surface area (Å²) in [6, 6.07) is 7.91. The summed E-state index contributed by atoms with van der Waals surface area (Å²) in [7, 11) is 1.67. The average Bonchev–Trinajstić information content (AvgIpc) is 2.29. The van der Waals surface area contributed by atoms with Crippen molar-refractivity contribution in [2.24, 2.45) is 0 Å². The van der Waals surface area contributed by atoms with E-state index in [-0.39, 0.29) is 0 Å². The third kappa shape index (κ3) is 1.84. The number of fused-ring (bicyclic) bond motifs is 1. The first-order valence-electron chi connectivity index (χ1n) is 4.90. The molecular formula is C13H13NO. The Hall–Kier alpha value is -1.83. The number of pyridine rings is 1. The highest BCUT2D eigenvalue weighted by molar-refractivity contribution is 5.88. The summed E-state index contributed by atoms with van der Waals surface area (Å²) in [6.07, 6.45) is 5.92. The fraction of sp³-hybridized carbons (Fsp3) is 0.154. The maximum absolute atomic E-state index is 5.20. The van der Waals surface area contributed by atoms with Crippen LogP contribution < -0.4 is 4.74 Å². The van der Waals surface area contributed by atoms with Crippen molar-refractivity contribution in [3.05, 3.63) is 42.1 Å². The molecule has 2 rings (SSSR count). The second-order valence-electron chi connectivity index (χ2n) is 3.28. The number of hydrogen-bond acceptors (Lipinski definition) is 2. The second-order valence-corrected chi connectivity index (χ2v) is 3.28. The van der Waals surface area contributed by atoms with Gasteiger partial charge in [-0.2, -0.15) is 0 Å². The van der Waals surface area contributed by atoms with Gasteiger partial charge in [0.25, 0.3) is 0 Å². The Bertz CT molecular complexity index is 503. The van der Waals surface area contributed by atoms with E-state index < -0.39 is 0 Å². The Morgan fingerprint density at radius 2 is 2.13 bits per heavy atom. The monoisotopic (exact) mass is 199 g/mol. The highest BCUT2D eigenvalue weighted by Gasteiger charge is 2.00. The van der Waals surface area contributed by atoms with E-state index in [2.05, 4.69) is 11.1 Å². The molecule has 2 heteroatoms. The van der Waals surface area contributed by atoms with Gasteiger partial charge in [0.2, 0.25) is 0 Å². The molecular weight excluding hydrogens is 186 g/mol. The summed E-state index contributed by atoms with van der Waals surface area (Å²) in [5, 5.41) is 1.12. The van der Waals surface area contributed by atoms with E-state index in [4.69, 9.17) is 4.74 Å². The molecule has 0 aliphatic carbocycles. The van der Waals surface area contributed by atoms with Crippen molar-refractivity contribution >= 4 is 17.0 Å². The molecule has 2 aromatic rings. The van der Waals surface area contributed by atoms with Crippen molar-refractivity contribution in [2.45, 2.75) is 6.92 Å². The number of methoxy groups -OCH3 is 1. The third-order valence-electron chi connectivity index (χ3n) is 2.33. The van der Waals surface area contributed by atoms with Crippen LogP contribution in [0.1, 0.15) is 12.5 Å². The molecule has 0 amide bonds. The number of nitrogens with zero attached hydrogens (tertiary/aromatic N) is 1. The van der Waals surface area contributed by atoms with Crippen LogP contribution in [0.2, 0.25) is 0 Å². The maximum Gasteiger partial charge on any atom is 0.119 e. The van der Waals surface area contributed by atoms with Crippen molar-refractivity contribution in [1.29, 1.82) is 0 Å². The number of allylic oxidation sites excluding steroid dienone is 1. The standard InChI is InChI=1S/C13H13NO/c1-3-4-10-7-8-14-13-6-5-11(15-2)9-12(10)13/h3-9H,1-2H3. The topological polar surface area (TPSA) is 22.1 Å². The Morgan fingerprint density at radius 1 is 1.27 bits per heavy atom. The van der Waals surface area contributed by atoms with E-state index in [0.717, 1.165) is 16.7 Å². The van der Waals surface area contributed by atoms with Gasteiger partial charge in [0, 0.05) is 11.6 Å². The molecule has 1 aromatic carbocycles. The van der Waals surface area contributed by atoms with Gasteiger partial charge in [0.05, 0.1) is 12.6 Å². The molecule has 0 fully saturated rings. The second kappa shape index (κ2) is 4.13. The van der Waals surface area contributed by atoms with E-state index in [9.17, 15) is 0 Å². The van der Waals surface area contributed by atoms with Gasteiger partial charge in [-0.3, -0.25) is 4.98 Å². The largest absolute Gasteiger partial charge is 0.497 e. The molecule has 15 heavy (non-hydrogen) atoms. The van der Waals surface area contributed by atoms with Gasteiger partial charge in [-0.25, -0.2) is 0 Å². The van der Waals surface area contributed by atoms with E-state index in [1.165, 1.54) is 5.56 Å². The number of hydrogen-bond donors (Lipinski definition) is 0. The minimum atomic E-state index is 0.862. The van der Waals surface area contributed by atoms with Gasteiger partial charge in [-0.1, -0.05) is 12.2 Å². The minimum Gasteiger partial charge on any atom is -0.497 e. The summed E-state index contributed by atoms with van der Waals surface area (Å²) in [5.41, 5.74) is 2.16. The third-order valence-corrected chi connectivity index (χ3v) is 2.33. The van der Waals surface area contributed by atoms with E-state index >= 15 is 0 Å². The fourth-order valence-corrected chi connectivity index (χ4v) is 1.60. The van der Waals surface area contributed by atoms with Crippen molar-refractivity contribution in [3.63, 3.8) is 0 Å². The van der Waals surface area contributed by atoms with Gasteiger partial charge in [-0.05, 0) is 36.8 Å². The molecule has 0 aliphatic heterocycles. The summed E-state index contributed by atoms with van der Waals surface area (Å²) < 4.78 is 5.20. The highest BCUT2D eigenvalue weighted by atomic mass is 16.5.